The van der Waals surface area contributed by atoms with Gasteiger partial charge >= 0.3 is 0 Å². The van der Waals surface area contributed by atoms with Gasteiger partial charge in [-0.3, -0.25) is 10.1 Å². The maximum absolute atomic E-state index is 5.80. The number of hydrogen-bond donors (Lipinski definition) is 2. The summed E-state index contributed by atoms with van der Waals surface area (Å²) in [5.41, 5.74) is 0.744. The van der Waals surface area contributed by atoms with Gasteiger partial charge in [-0.25, -0.2) is 0 Å². The van der Waals surface area contributed by atoms with E-state index in [1.54, 1.807) is 12.3 Å². The van der Waals surface area contributed by atoms with Crippen LogP contribution in [0.25, 0.3) is 11.5 Å². The molecule has 2 aromatic heterocycles. The van der Waals surface area contributed by atoms with E-state index in [-0.39, 0.29) is 0 Å². The van der Waals surface area contributed by atoms with Crippen LogP contribution in [0.5, 0.6) is 0 Å². The minimum Gasteiger partial charge on any atom is -0.337 e. The first kappa shape index (κ1) is 11.4. The molecule has 3 heterocycles. The molecular formula is C11H13ClN6. The lowest BCUT2D eigenvalue weighted by atomic mass is 10.3. The van der Waals surface area contributed by atoms with Crippen molar-refractivity contribution in [3.8, 4) is 11.5 Å². The van der Waals surface area contributed by atoms with Gasteiger partial charge in [-0.1, -0.05) is 11.6 Å². The first-order valence-corrected chi connectivity index (χ1v) is 6.21. The predicted octanol–water partition coefficient (Wildman–Crippen LogP) is 0.930. The predicted molar refractivity (Wildman–Crippen MR) is 69.7 cm³/mol. The van der Waals surface area contributed by atoms with Crippen molar-refractivity contribution in [1.29, 1.82) is 0 Å². The standard InChI is InChI=1S/C11H13ClN6/c12-8-1-2-9(14-7-8)10-15-11(17-16-10)18-5-3-13-4-6-18/h1-2,7,13H,3-6H2,(H,15,16,17). The van der Waals surface area contributed by atoms with Crippen LogP contribution in [0.2, 0.25) is 5.02 Å². The Morgan fingerprint density at radius 1 is 1.22 bits per heavy atom. The second-order valence-electron chi connectivity index (χ2n) is 4.08. The first-order valence-electron chi connectivity index (χ1n) is 5.83. The summed E-state index contributed by atoms with van der Waals surface area (Å²) in [5.74, 6) is 1.39. The molecule has 0 amide bonds. The van der Waals surface area contributed by atoms with Gasteiger partial charge in [0, 0.05) is 32.4 Å². The molecule has 0 atom stereocenters. The lowest BCUT2D eigenvalue weighted by Crippen LogP contribution is -2.44. The van der Waals surface area contributed by atoms with Crippen LogP contribution in [-0.4, -0.2) is 46.3 Å². The second kappa shape index (κ2) is 4.91. The molecule has 18 heavy (non-hydrogen) atoms. The van der Waals surface area contributed by atoms with Crippen LogP contribution < -0.4 is 10.2 Å². The first-order chi connectivity index (χ1) is 8.83. The number of nitrogens with zero attached hydrogens (tertiary/aromatic N) is 4. The molecule has 0 saturated carbocycles. The largest absolute Gasteiger partial charge is 0.337 e. The van der Waals surface area contributed by atoms with Crippen molar-refractivity contribution in [2.75, 3.05) is 31.1 Å². The Bertz CT molecular complexity index is 517. The minimum atomic E-state index is 0.612. The number of pyridine rings is 1. The zero-order valence-electron chi connectivity index (χ0n) is 9.73. The fourth-order valence-corrected chi connectivity index (χ4v) is 2.00. The minimum absolute atomic E-state index is 0.612. The maximum Gasteiger partial charge on any atom is 0.245 e. The van der Waals surface area contributed by atoms with Crippen LogP contribution in [0.3, 0.4) is 0 Å². The van der Waals surface area contributed by atoms with Gasteiger partial charge in [-0.05, 0) is 12.1 Å². The number of aromatic nitrogens is 4. The molecule has 0 spiro atoms. The molecule has 6 nitrogen and oxygen atoms in total. The quantitative estimate of drug-likeness (QED) is 0.845. The maximum atomic E-state index is 5.80. The van der Waals surface area contributed by atoms with Crippen molar-refractivity contribution in [3.05, 3.63) is 23.4 Å². The number of hydrogen-bond acceptors (Lipinski definition) is 5. The molecule has 1 saturated heterocycles. The van der Waals surface area contributed by atoms with Crippen LogP contribution in [0.15, 0.2) is 18.3 Å². The Morgan fingerprint density at radius 2 is 2.06 bits per heavy atom. The number of halogens is 1. The molecule has 7 heteroatoms. The van der Waals surface area contributed by atoms with Crippen molar-refractivity contribution >= 4 is 17.5 Å². The van der Waals surface area contributed by atoms with Gasteiger partial charge in [-0.2, -0.15) is 4.98 Å². The van der Waals surface area contributed by atoms with Crippen LogP contribution in [-0.2, 0) is 0 Å². The third-order valence-electron chi connectivity index (χ3n) is 2.84. The highest BCUT2D eigenvalue weighted by Gasteiger charge is 2.15. The van der Waals surface area contributed by atoms with E-state index >= 15 is 0 Å². The molecule has 3 rings (SSSR count). The Kier molecular flexibility index (Phi) is 3.12. The molecule has 0 aromatic carbocycles. The molecule has 0 radical (unpaired) electrons. The summed E-state index contributed by atoms with van der Waals surface area (Å²) in [4.78, 5) is 10.8. The number of H-pyrrole nitrogens is 1. The summed E-state index contributed by atoms with van der Waals surface area (Å²) in [6.45, 7) is 3.77. The van der Waals surface area contributed by atoms with E-state index in [2.05, 4.69) is 30.4 Å². The van der Waals surface area contributed by atoms with E-state index in [4.69, 9.17) is 11.6 Å². The van der Waals surface area contributed by atoms with Gasteiger partial charge in [0.1, 0.15) is 5.69 Å². The highest BCUT2D eigenvalue weighted by atomic mass is 35.5. The summed E-state index contributed by atoms with van der Waals surface area (Å²) in [6, 6.07) is 3.61. The van der Waals surface area contributed by atoms with Crippen LogP contribution >= 0.6 is 11.6 Å². The van der Waals surface area contributed by atoms with E-state index in [1.807, 2.05) is 6.07 Å². The van der Waals surface area contributed by atoms with Gasteiger partial charge in [0.25, 0.3) is 0 Å². The van der Waals surface area contributed by atoms with Gasteiger partial charge in [0.15, 0.2) is 5.82 Å². The molecule has 2 N–H and O–H groups in total. The van der Waals surface area contributed by atoms with Gasteiger partial charge in [-0.15, -0.1) is 5.10 Å². The highest BCUT2D eigenvalue weighted by Crippen LogP contribution is 2.17. The summed E-state index contributed by atoms with van der Waals surface area (Å²) >= 11 is 5.80. The zero-order valence-corrected chi connectivity index (χ0v) is 10.5. The van der Waals surface area contributed by atoms with Crippen LogP contribution in [0, 0.1) is 0 Å². The lowest BCUT2D eigenvalue weighted by molar-refractivity contribution is 0.580. The SMILES string of the molecule is Clc1ccc(-c2nc(N3CCNCC3)n[nH]2)nc1. The van der Waals surface area contributed by atoms with E-state index in [0.29, 0.717) is 10.8 Å². The summed E-state index contributed by atoms with van der Waals surface area (Å²) in [7, 11) is 0. The molecule has 1 aliphatic heterocycles. The summed E-state index contributed by atoms with van der Waals surface area (Å²) < 4.78 is 0. The van der Waals surface area contributed by atoms with Crippen molar-refractivity contribution < 1.29 is 0 Å². The summed E-state index contributed by atoms with van der Waals surface area (Å²) in [5, 5.41) is 11.0. The average molecular weight is 265 g/mol. The van der Waals surface area contributed by atoms with Crippen LogP contribution in [0.4, 0.5) is 5.95 Å². The van der Waals surface area contributed by atoms with E-state index in [9.17, 15) is 0 Å². The van der Waals surface area contributed by atoms with E-state index in [0.717, 1.165) is 37.8 Å². The third kappa shape index (κ3) is 2.30. The van der Waals surface area contributed by atoms with Crippen molar-refractivity contribution in [2.45, 2.75) is 0 Å². The molecule has 1 aliphatic rings. The van der Waals surface area contributed by atoms with E-state index < -0.39 is 0 Å². The van der Waals surface area contributed by atoms with Gasteiger partial charge in [0.05, 0.1) is 5.02 Å². The third-order valence-corrected chi connectivity index (χ3v) is 3.07. The van der Waals surface area contributed by atoms with E-state index in [1.165, 1.54) is 0 Å². The molecule has 0 unspecified atom stereocenters. The average Bonchev–Trinajstić information content (AvgIpc) is 2.90. The molecule has 1 fully saturated rings. The summed E-state index contributed by atoms with van der Waals surface area (Å²) in [6.07, 6.45) is 1.60. The Hall–Kier alpha value is -1.66. The Balaban J connectivity index is 1.82. The molecule has 0 bridgehead atoms. The normalized spacial score (nSPS) is 15.9. The fraction of sp³-hybridized carbons (Fsp3) is 0.364. The van der Waals surface area contributed by atoms with Crippen molar-refractivity contribution in [1.82, 2.24) is 25.5 Å². The highest BCUT2D eigenvalue weighted by molar-refractivity contribution is 6.30. The molecule has 0 aliphatic carbocycles. The van der Waals surface area contributed by atoms with Crippen LogP contribution in [0.1, 0.15) is 0 Å². The monoisotopic (exact) mass is 264 g/mol. The Morgan fingerprint density at radius 3 is 2.78 bits per heavy atom. The van der Waals surface area contributed by atoms with Crippen molar-refractivity contribution in [2.24, 2.45) is 0 Å². The fourth-order valence-electron chi connectivity index (χ4n) is 1.89. The smallest absolute Gasteiger partial charge is 0.245 e. The van der Waals surface area contributed by atoms with Crippen molar-refractivity contribution in [3.63, 3.8) is 0 Å². The number of anilines is 1. The number of nitrogens with one attached hydrogen (secondary N) is 2. The molecular weight excluding hydrogens is 252 g/mol. The number of rotatable bonds is 2. The Labute approximate surface area is 109 Å². The molecule has 2 aromatic rings. The number of aromatic amines is 1. The molecule has 94 valence electrons. The second-order valence-corrected chi connectivity index (χ2v) is 4.52. The van der Waals surface area contributed by atoms with Gasteiger partial charge in [0.2, 0.25) is 5.95 Å². The zero-order chi connectivity index (χ0) is 12.4. The lowest BCUT2D eigenvalue weighted by Gasteiger charge is -2.25. The van der Waals surface area contributed by atoms with Gasteiger partial charge < -0.3 is 10.2 Å². The number of piperazine rings is 1. The topological polar surface area (TPSA) is 69.7 Å².